The number of hydrogen-bond acceptors (Lipinski definition) is 2. The maximum absolute atomic E-state index is 10.2. The fraction of sp³-hybridized carbons (Fsp3) is 0.667. The third-order valence-corrected chi connectivity index (χ3v) is 2.74. The van der Waals surface area contributed by atoms with Gasteiger partial charge in [0.2, 0.25) is 0 Å². The summed E-state index contributed by atoms with van der Waals surface area (Å²) in [6, 6.07) is 0.765. The first-order chi connectivity index (χ1) is 5.42. The van der Waals surface area contributed by atoms with Crippen molar-refractivity contribution in [3.63, 3.8) is 0 Å². The smallest absolute Gasteiger partial charge is 0.144 e. The van der Waals surface area contributed by atoms with Gasteiger partial charge in [-0.1, -0.05) is 0 Å². The van der Waals surface area contributed by atoms with Crippen LogP contribution in [0.4, 0.5) is 0 Å². The number of hydrogen-bond donors (Lipinski definition) is 0. The molecule has 2 aliphatic heterocycles. The van der Waals surface area contributed by atoms with E-state index in [9.17, 15) is 4.79 Å². The molecule has 1 unspecified atom stereocenters. The third-order valence-electron chi connectivity index (χ3n) is 2.74. The summed E-state index contributed by atoms with van der Waals surface area (Å²) in [4.78, 5) is 12.6. The van der Waals surface area contributed by atoms with Gasteiger partial charge in [-0.15, -0.1) is 0 Å². The van der Waals surface area contributed by atoms with Crippen molar-refractivity contribution in [1.82, 2.24) is 4.90 Å². The van der Waals surface area contributed by atoms with Crippen molar-refractivity contribution in [2.75, 3.05) is 6.54 Å². The predicted molar refractivity (Wildman–Crippen MR) is 43.1 cm³/mol. The highest BCUT2D eigenvalue weighted by Crippen LogP contribution is 2.34. The molecule has 1 atom stereocenters. The molecule has 0 aromatic carbocycles. The molecule has 2 rings (SSSR count). The maximum Gasteiger partial charge on any atom is 0.144 e. The minimum Gasteiger partial charge on any atom is -0.372 e. The summed E-state index contributed by atoms with van der Waals surface area (Å²) >= 11 is 0. The summed E-state index contributed by atoms with van der Waals surface area (Å²) in [5, 5.41) is 0. The number of rotatable bonds is 1. The van der Waals surface area contributed by atoms with Gasteiger partial charge < -0.3 is 4.90 Å². The van der Waals surface area contributed by atoms with Crippen LogP contribution in [0.3, 0.4) is 0 Å². The van der Waals surface area contributed by atoms with E-state index in [0.29, 0.717) is 0 Å². The summed E-state index contributed by atoms with van der Waals surface area (Å²) in [6.07, 6.45) is 7.65. The Labute approximate surface area is 66.9 Å². The van der Waals surface area contributed by atoms with Crippen molar-refractivity contribution >= 4 is 6.29 Å². The van der Waals surface area contributed by atoms with Gasteiger partial charge in [0.25, 0.3) is 0 Å². The van der Waals surface area contributed by atoms with E-state index < -0.39 is 0 Å². The lowest BCUT2D eigenvalue weighted by Gasteiger charge is -2.18. The molecule has 0 spiro atoms. The number of aldehydes is 1. The topological polar surface area (TPSA) is 20.3 Å². The van der Waals surface area contributed by atoms with Gasteiger partial charge in [0.05, 0.1) is 0 Å². The second-order valence-electron chi connectivity index (χ2n) is 3.32. The number of fused-ring (bicyclic) bond motifs is 1. The molecule has 0 aromatic rings. The van der Waals surface area contributed by atoms with E-state index in [2.05, 4.69) is 4.90 Å². The van der Waals surface area contributed by atoms with Gasteiger partial charge >= 0.3 is 0 Å². The average Bonchev–Trinajstić information content (AvgIpc) is 2.53. The SMILES string of the molecule is O=C/C=C1\CCC2CCCN12. The minimum atomic E-state index is 0.765. The van der Waals surface area contributed by atoms with E-state index in [-0.39, 0.29) is 0 Å². The zero-order chi connectivity index (χ0) is 7.68. The second kappa shape index (κ2) is 2.68. The van der Waals surface area contributed by atoms with Crippen molar-refractivity contribution in [1.29, 1.82) is 0 Å². The van der Waals surface area contributed by atoms with Gasteiger partial charge in [0, 0.05) is 18.3 Å². The van der Waals surface area contributed by atoms with Crippen molar-refractivity contribution in [2.24, 2.45) is 0 Å². The Morgan fingerprint density at radius 1 is 1.45 bits per heavy atom. The molecule has 0 saturated carbocycles. The van der Waals surface area contributed by atoms with E-state index in [1.807, 2.05) is 0 Å². The predicted octanol–water partition coefficient (Wildman–Crippen LogP) is 1.33. The maximum atomic E-state index is 10.2. The highest BCUT2D eigenvalue weighted by molar-refractivity contribution is 5.66. The summed E-state index contributed by atoms with van der Waals surface area (Å²) in [6.45, 7) is 1.17. The van der Waals surface area contributed by atoms with Crippen LogP contribution in [0.5, 0.6) is 0 Å². The van der Waals surface area contributed by atoms with Crippen LogP contribution in [0, 0.1) is 0 Å². The molecular weight excluding hydrogens is 138 g/mol. The Bertz CT molecular complexity index is 198. The van der Waals surface area contributed by atoms with Crippen LogP contribution in [0.2, 0.25) is 0 Å². The zero-order valence-electron chi connectivity index (χ0n) is 6.62. The Balaban J connectivity index is 2.14. The van der Waals surface area contributed by atoms with E-state index in [0.717, 1.165) is 18.7 Å². The molecule has 0 radical (unpaired) electrons. The Kier molecular flexibility index (Phi) is 1.68. The first-order valence-corrected chi connectivity index (χ1v) is 4.33. The van der Waals surface area contributed by atoms with Crippen molar-refractivity contribution in [2.45, 2.75) is 31.7 Å². The first-order valence-electron chi connectivity index (χ1n) is 4.33. The van der Waals surface area contributed by atoms with Gasteiger partial charge in [-0.25, -0.2) is 0 Å². The summed E-state index contributed by atoms with van der Waals surface area (Å²) < 4.78 is 0. The fourth-order valence-corrected chi connectivity index (χ4v) is 2.23. The van der Waals surface area contributed by atoms with Crippen LogP contribution < -0.4 is 0 Å². The number of nitrogens with zero attached hydrogens (tertiary/aromatic N) is 1. The van der Waals surface area contributed by atoms with Crippen LogP contribution in [0.25, 0.3) is 0 Å². The summed E-state index contributed by atoms with van der Waals surface area (Å²) in [5.74, 6) is 0. The van der Waals surface area contributed by atoms with E-state index in [4.69, 9.17) is 0 Å². The van der Waals surface area contributed by atoms with Crippen LogP contribution in [0.15, 0.2) is 11.8 Å². The molecule has 0 aromatic heterocycles. The summed E-state index contributed by atoms with van der Waals surface area (Å²) in [5.41, 5.74) is 1.27. The normalized spacial score (nSPS) is 32.9. The molecule has 11 heavy (non-hydrogen) atoms. The van der Waals surface area contributed by atoms with Gasteiger partial charge in [-0.3, -0.25) is 4.79 Å². The van der Waals surface area contributed by atoms with Gasteiger partial charge in [0.15, 0.2) is 0 Å². The molecule has 2 aliphatic rings. The van der Waals surface area contributed by atoms with Gasteiger partial charge in [0.1, 0.15) is 6.29 Å². The Morgan fingerprint density at radius 2 is 2.36 bits per heavy atom. The lowest BCUT2D eigenvalue weighted by molar-refractivity contribution is -0.104. The third kappa shape index (κ3) is 1.06. The highest BCUT2D eigenvalue weighted by atomic mass is 16.1. The lowest BCUT2D eigenvalue weighted by atomic mass is 10.1. The standard InChI is InChI=1S/C9H13NO/c11-7-5-9-4-3-8-2-1-6-10(8)9/h5,7-8H,1-4,6H2/b9-5+. The van der Waals surface area contributed by atoms with Gasteiger partial charge in [-0.2, -0.15) is 0 Å². The largest absolute Gasteiger partial charge is 0.372 e. The average molecular weight is 151 g/mol. The second-order valence-corrected chi connectivity index (χ2v) is 3.32. The number of allylic oxidation sites excluding steroid dienone is 2. The highest BCUT2D eigenvalue weighted by Gasteiger charge is 2.31. The molecule has 2 heterocycles. The molecule has 2 heteroatoms. The van der Waals surface area contributed by atoms with Crippen molar-refractivity contribution in [3.8, 4) is 0 Å². The van der Waals surface area contributed by atoms with Crippen LogP contribution >= 0.6 is 0 Å². The zero-order valence-corrected chi connectivity index (χ0v) is 6.62. The number of carbonyl (C=O) groups is 1. The molecular formula is C9H13NO. The Hall–Kier alpha value is -0.790. The number of carbonyl (C=O) groups excluding carboxylic acids is 1. The Morgan fingerprint density at radius 3 is 3.18 bits per heavy atom. The van der Waals surface area contributed by atoms with Gasteiger partial charge in [-0.05, 0) is 31.8 Å². The first kappa shape index (κ1) is 6.89. The van der Waals surface area contributed by atoms with Crippen molar-refractivity contribution in [3.05, 3.63) is 11.8 Å². The molecule has 0 bridgehead atoms. The fourth-order valence-electron chi connectivity index (χ4n) is 2.23. The minimum absolute atomic E-state index is 0.765. The molecule has 2 nitrogen and oxygen atoms in total. The van der Waals surface area contributed by atoms with E-state index in [1.54, 1.807) is 6.08 Å². The van der Waals surface area contributed by atoms with Crippen molar-refractivity contribution < 1.29 is 4.79 Å². The quantitative estimate of drug-likeness (QED) is 0.416. The molecule has 0 aliphatic carbocycles. The van der Waals surface area contributed by atoms with Crippen LogP contribution in [-0.4, -0.2) is 23.8 Å². The van der Waals surface area contributed by atoms with Crippen LogP contribution in [-0.2, 0) is 4.79 Å². The van der Waals surface area contributed by atoms with Crippen LogP contribution in [0.1, 0.15) is 25.7 Å². The monoisotopic (exact) mass is 151 g/mol. The molecule has 2 fully saturated rings. The summed E-state index contributed by atoms with van der Waals surface area (Å²) in [7, 11) is 0. The molecule has 60 valence electrons. The lowest BCUT2D eigenvalue weighted by Crippen LogP contribution is -2.20. The molecule has 0 amide bonds. The van der Waals surface area contributed by atoms with E-state index >= 15 is 0 Å². The molecule has 0 N–H and O–H groups in total. The van der Waals surface area contributed by atoms with E-state index in [1.165, 1.54) is 31.5 Å². The molecule has 2 saturated heterocycles.